The largest absolute Gasteiger partial charge is 0.477 e. The van der Waals surface area contributed by atoms with Crippen molar-refractivity contribution in [1.29, 1.82) is 0 Å². The van der Waals surface area contributed by atoms with Gasteiger partial charge < -0.3 is 9.52 Å². The number of carboxylic acids is 1. The number of fused-ring (bicyclic) bond motifs is 1. The van der Waals surface area contributed by atoms with E-state index in [1.165, 1.54) is 12.1 Å². The molecular weight excluding hydrogens is 368 g/mol. The van der Waals surface area contributed by atoms with Crippen LogP contribution in [0.3, 0.4) is 0 Å². The van der Waals surface area contributed by atoms with E-state index in [4.69, 9.17) is 4.42 Å². The zero-order valence-corrected chi connectivity index (χ0v) is 16.8. The summed E-state index contributed by atoms with van der Waals surface area (Å²) in [6, 6.07) is 12.2. The fraction of sp³-hybridized carbons (Fsp3) is 0.208. The number of allylic oxidation sites excluding steroid dienone is 1. The summed E-state index contributed by atoms with van der Waals surface area (Å²) in [4.78, 5) is 35.8. The second kappa shape index (κ2) is 7.51. The number of carbonyl (C=O) groups excluding carboxylic acids is 1. The molecule has 1 N–H and O–H groups in total. The fourth-order valence-electron chi connectivity index (χ4n) is 3.05. The van der Waals surface area contributed by atoms with Crippen LogP contribution in [0.25, 0.3) is 17.0 Å². The molecule has 148 valence electrons. The number of rotatable bonds is 4. The van der Waals surface area contributed by atoms with Crippen molar-refractivity contribution in [2.24, 2.45) is 0 Å². The van der Waals surface area contributed by atoms with Crippen molar-refractivity contribution >= 4 is 28.8 Å². The molecule has 0 unspecified atom stereocenters. The van der Waals surface area contributed by atoms with Crippen LogP contribution in [-0.2, 0) is 5.41 Å². The third-order valence-electron chi connectivity index (χ3n) is 4.66. The van der Waals surface area contributed by atoms with E-state index in [9.17, 15) is 19.5 Å². The molecule has 0 fully saturated rings. The van der Waals surface area contributed by atoms with Gasteiger partial charge in [0.1, 0.15) is 11.1 Å². The van der Waals surface area contributed by atoms with Gasteiger partial charge in [0, 0.05) is 16.5 Å². The first-order chi connectivity index (χ1) is 13.6. The Morgan fingerprint density at radius 1 is 1.03 bits per heavy atom. The molecule has 0 aliphatic rings. The minimum atomic E-state index is -1.34. The molecule has 1 heterocycles. The summed E-state index contributed by atoms with van der Waals surface area (Å²) in [5, 5.41) is 9.72. The van der Waals surface area contributed by atoms with Gasteiger partial charge in [-0.2, -0.15) is 0 Å². The molecule has 2 aromatic carbocycles. The molecule has 0 saturated heterocycles. The Labute approximate surface area is 168 Å². The van der Waals surface area contributed by atoms with Crippen molar-refractivity contribution in [1.82, 2.24) is 0 Å². The van der Waals surface area contributed by atoms with E-state index in [1.54, 1.807) is 24.3 Å². The number of hydrogen-bond acceptors (Lipinski definition) is 4. The van der Waals surface area contributed by atoms with E-state index in [2.05, 4.69) is 0 Å². The Kier molecular flexibility index (Phi) is 5.25. The van der Waals surface area contributed by atoms with E-state index in [0.29, 0.717) is 22.1 Å². The monoisotopic (exact) mass is 390 g/mol. The summed E-state index contributed by atoms with van der Waals surface area (Å²) in [6.45, 7) is 7.87. The van der Waals surface area contributed by atoms with Gasteiger partial charge in [0.2, 0.25) is 0 Å². The number of carboxylic acid groups (broad SMARTS) is 1. The lowest BCUT2D eigenvalue weighted by molar-refractivity contribution is 0.0692. The summed E-state index contributed by atoms with van der Waals surface area (Å²) in [5.74, 6) is -1.47. The van der Waals surface area contributed by atoms with Gasteiger partial charge in [0.25, 0.3) is 0 Å². The molecule has 3 rings (SSSR count). The fourth-order valence-corrected chi connectivity index (χ4v) is 3.05. The first-order valence-corrected chi connectivity index (χ1v) is 9.21. The summed E-state index contributed by atoms with van der Waals surface area (Å²) in [6.07, 6.45) is 3.16. The first-order valence-electron chi connectivity index (χ1n) is 9.21. The molecule has 0 aliphatic carbocycles. The normalized spacial score (nSPS) is 11.9. The average Bonchev–Trinajstić information content (AvgIpc) is 2.64. The van der Waals surface area contributed by atoms with Crippen molar-refractivity contribution in [2.75, 3.05) is 0 Å². The van der Waals surface area contributed by atoms with Crippen molar-refractivity contribution in [2.45, 2.75) is 33.1 Å². The van der Waals surface area contributed by atoms with Crippen molar-refractivity contribution in [3.05, 3.63) is 86.8 Å². The van der Waals surface area contributed by atoms with Crippen molar-refractivity contribution < 1.29 is 19.1 Å². The smallest absolute Gasteiger partial charge is 0.351 e. The van der Waals surface area contributed by atoms with Crippen LogP contribution in [0.2, 0.25) is 0 Å². The number of aryl methyl sites for hydroxylation is 1. The average molecular weight is 390 g/mol. The maximum atomic E-state index is 12.4. The topological polar surface area (TPSA) is 84.6 Å². The van der Waals surface area contributed by atoms with Crippen molar-refractivity contribution in [3.8, 4) is 0 Å². The van der Waals surface area contributed by atoms with Crippen LogP contribution in [0.15, 0.2) is 57.8 Å². The maximum Gasteiger partial charge on any atom is 0.351 e. The zero-order chi connectivity index (χ0) is 21.3. The lowest BCUT2D eigenvalue weighted by Gasteiger charge is -2.21. The Morgan fingerprint density at radius 2 is 1.69 bits per heavy atom. The maximum absolute atomic E-state index is 12.4. The Balaban J connectivity index is 2.11. The third kappa shape index (κ3) is 4.35. The quantitative estimate of drug-likeness (QED) is 0.385. The summed E-state index contributed by atoms with van der Waals surface area (Å²) < 4.78 is 5.35. The summed E-state index contributed by atoms with van der Waals surface area (Å²) >= 11 is 0. The van der Waals surface area contributed by atoms with E-state index in [0.717, 1.165) is 11.1 Å². The van der Waals surface area contributed by atoms with Crippen LogP contribution in [0.1, 0.15) is 58.2 Å². The number of ketones is 1. The van der Waals surface area contributed by atoms with Gasteiger partial charge in [-0.1, -0.05) is 56.7 Å². The molecule has 29 heavy (non-hydrogen) atoms. The highest BCUT2D eigenvalue weighted by molar-refractivity contribution is 6.07. The number of carbonyl (C=O) groups is 2. The van der Waals surface area contributed by atoms with Gasteiger partial charge in [0.15, 0.2) is 5.78 Å². The van der Waals surface area contributed by atoms with Crippen LogP contribution in [0.5, 0.6) is 0 Å². The zero-order valence-electron chi connectivity index (χ0n) is 16.8. The van der Waals surface area contributed by atoms with E-state index in [-0.39, 0.29) is 11.2 Å². The minimum Gasteiger partial charge on any atom is -0.477 e. The standard InChI is InChI=1S/C24H22O5/c1-14-5-8-16(9-6-14)20(25)10-7-15-11-17-13-18(22(26)27)23(28)29-21(17)19(12-15)24(2,3)4/h5-13H,1-4H3,(H,26,27). The van der Waals surface area contributed by atoms with Crippen LogP contribution in [-0.4, -0.2) is 16.9 Å². The molecule has 0 radical (unpaired) electrons. The van der Waals surface area contributed by atoms with Crippen molar-refractivity contribution in [3.63, 3.8) is 0 Å². The third-order valence-corrected chi connectivity index (χ3v) is 4.66. The second-order valence-electron chi connectivity index (χ2n) is 8.05. The minimum absolute atomic E-state index is 0.131. The molecule has 3 aromatic rings. The predicted molar refractivity (Wildman–Crippen MR) is 113 cm³/mol. The van der Waals surface area contributed by atoms with E-state index < -0.39 is 17.2 Å². The van der Waals surface area contributed by atoms with Crippen LogP contribution < -0.4 is 5.63 Å². The molecule has 0 saturated carbocycles. The van der Waals surface area contributed by atoms with Gasteiger partial charge in [-0.25, -0.2) is 9.59 Å². The molecular formula is C24H22O5. The van der Waals surface area contributed by atoms with Crippen LogP contribution in [0, 0.1) is 6.92 Å². The van der Waals surface area contributed by atoms with Gasteiger partial charge in [0.05, 0.1) is 0 Å². The molecule has 0 aliphatic heterocycles. The van der Waals surface area contributed by atoms with Gasteiger partial charge >= 0.3 is 11.6 Å². The van der Waals surface area contributed by atoms with Crippen LogP contribution in [0.4, 0.5) is 0 Å². The number of benzene rings is 2. The number of aromatic carboxylic acids is 1. The highest BCUT2D eigenvalue weighted by atomic mass is 16.4. The molecule has 1 aromatic heterocycles. The Bertz CT molecular complexity index is 1190. The SMILES string of the molecule is Cc1ccc(C(=O)C=Cc2cc(C(C)(C)C)c3oc(=O)c(C(=O)O)cc3c2)cc1. The van der Waals surface area contributed by atoms with Gasteiger partial charge in [-0.15, -0.1) is 0 Å². The van der Waals surface area contributed by atoms with E-state index in [1.807, 2.05) is 45.9 Å². The lowest BCUT2D eigenvalue weighted by atomic mass is 9.84. The molecule has 0 bridgehead atoms. The highest BCUT2D eigenvalue weighted by Gasteiger charge is 2.22. The van der Waals surface area contributed by atoms with Crippen LogP contribution >= 0.6 is 0 Å². The Morgan fingerprint density at radius 3 is 2.28 bits per heavy atom. The molecule has 5 heteroatoms. The first kappa shape index (κ1) is 20.3. The second-order valence-corrected chi connectivity index (χ2v) is 8.05. The van der Waals surface area contributed by atoms with Gasteiger partial charge in [-0.05, 0) is 42.2 Å². The van der Waals surface area contributed by atoms with Gasteiger partial charge in [-0.3, -0.25) is 4.79 Å². The van der Waals surface area contributed by atoms with E-state index >= 15 is 0 Å². The number of hydrogen-bond donors (Lipinski definition) is 1. The lowest BCUT2D eigenvalue weighted by Crippen LogP contribution is -2.16. The predicted octanol–water partition coefficient (Wildman–Crippen LogP) is 4.99. The molecule has 5 nitrogen and oxygen atoms in total. The molecule has 0 amide bonds. The molecule has 0 atom stereocenters. The Hall–Kier alpha value is -3.47. The summed E-state index contributed by atoms with van der Waals surface area (Å²) in [5.41, 5.74) is 1.83. The molecule has 0 spiro atoms. The summed E-state index contributed by atoms with van der Waals surface area (Å²) in [7, 11) is 0. The highest BCUT2D eigenvalue weighted by Crippen LogP contribution is 2.31.